The van der Waals surface area contributed by atoms with E-state index in [-0.39, 0.29) is 23.9 Å². The van der Waals surface area contributed by atoms with E-state index in [0.29, 0.717) is 13.1 Å². The van der Waals surface area contributed by atoms with Gasteiger partial charge in [-0.3, -0.25) is 9.69 Å². The summed E-state index contributed by atoms with van der Waals surface area (Å²) in [7, 11) is 0. The van der Waals surface area contributed by atoms with Crippen LogP contribution in [0.4, 0.5) is 4.79 Å². The lowest BCUT2D eigenvalue weighted by Crippen LogP contribution is -2.58. The minimum atomic E-state index is -0.0718. The first-order chi connectivity index (χ1) is 7.65. The topological polar surface area (TPSA) is 40.6 Å². The molecule has 3 amide bonds. The molecule has 0 aromatic carbocycles. The lowest BCUT2D eigenvalue weighted by Gasteiger charge is -2.39. The first kappa shape index (κ1) is 11.4. The van der Waals surface area contributed by atoms with Gasteiger partial charge in [-0.05, 0) is 19.8 Å². The van der Waals surface area contributed by atoms with Crippen molar-refractivity contribution >= 4 is 11.9 Å². The van der Waals surface area contributed by atoms with Gasteiger partial charge in [0.25, 0.3) is 0 Å². The van der Waals surface area contributed by atoms with E-state index in [1.165, 1.54) is 4.90 Å². The summed E-state index contributed by atoms with van der Waals surface area (Å²) in [5, 5.41) is 0. The van der Waals surface area contributed by atoms with Crippen LogP contribution in [-0.4, -0.2) is 40.9 Å². The van der Waals surface area contributed by atoms with Crippen LogP contribution in [0.1, 0.15) is 39.5 Å². The van der Waals surface area contributed by atoms with Crippen molar-refractivity contribution in [3.05, 3.63) is 0 Å². The van der Waals surface area contributed by atoms with E-state index in [0.717, 1.165) is 25.7 Å². The Morgan fingerprint density at radius 2 is 1.88 bits per heavy atom. The minimum Gasteiger partial charge on any atom is -0.324 e. The molecule has 0 bridgehead atoms. The Morgan fingerprint density at radius 1 is 1.25 bits per heavy atom. The molecule has 4 nitrogen and oxygen atoms in total. The zero-order valence-corrected chi connectivity index (χ0v) is 10.1. The van der Waals surface area contributed by atoms with Gasteiger partial charge in [-0.15, -0.1) is 0 Å². The van der Waals surface area contributed by atoms with Gasteiger partial charge in [0.15, 0.2) is 0 Å². The molecule has 90 valence electrons. The van der Waals surface area contributed by atoms with Crippen molar-refractivity contribution in [2.24, 2.45) is 5.92 Å². The van der Waals surface area contributed by atoms with E-state index in [4.69, 9.17) is 0 Å². The van der Waals surface area contributed by atoms with E-state index in [1.807, 2.05) is 13.8 Å². The van der Waals surface area contributed by atoms with Crippen molar-refractivity contribution in [2.45, 2.75) is 45.6 Å². The monoisotopic (exact) mass is 224 g/mol. The summed E-state index contributed by atoms with van der Waals surface area (Å²) < 4.78 is 0. The molecule has 1 aliphatic carbocycles. The van der Waals surface area contributed by atoms with Gasteiger partial charge in [0.2, 0.25) is 5.91 Å². The molecule has 0 N–H and O–H groups in total. The largest absolute Gasteiger partial charge is 0.326 e. The lowest BCUT2D eigenvalue weighted by molar-refractivity contribution is -0.137. The molecule has 1 heterocycles. The van der Waals surface area contributed by atoms with Crippen LogP contribution in [0, 0.1) is 5.92 Å². The van der Waals surface area contributed by atoms with Crippen molar-refractivity contribution in [2.75, 3.05) is 13.1 Å². The molecule has 0 aromatic heterocycles. The summed E-state index contributed by atoms with van der Waals surface area (Å²) in [6, 6.07) is 0.0919. The summed E-state index contributed by atoms with van der Waals surface area (Å²) >= 11 is 0. The highest BCUT2D eigenvalue weighted by atomic mass is 16.2. The second-order valence-corrected chi connectivity index (χ2v) is 4.87. The number of hydrogen-bond donors (Lipinski definition) is 0. The molecular formula is C12H20N2O2. The van der Waals surface area contributed by atoms with E-state index in [1.54, 1.807) is 4.90 Å². The molecule has 2 rings (SSSR count). The Balaban J connectivity index is 2.18. The Hall–Kier alpha value is -1.06. The van der Waals surface area contributed by atoms with Gasteiger partial charge in [0.1, 0.15) is 0 Å². The van der Waals surface area contributed by atoms with Gasteiger partial charge in [0, 0.05) is 19.1 Å². The van der Waals surface area contributed by atoms with Crippen LogP contribution in [0.25, 0.3) is 0 Å². The number of hydrogen-bond acceptors (Lipinski definition) is 2. The van der Waals surface area contributed by atoms with E-state index >= 15 is 0 Å². The van der Waals surface area contributed by atoms with E-state index in [9.17, 15) is 9.59 Å². The highest BCUT2D eigenvalue weighted by Crippen LogP contribution is 2.28. The minimum absolute atomic E-state index is 0.0293. The van der Waals surface area contributed by atoms with Gasteiger partial charge in [-0.25, -0.2) is 4.79 Å². The molecule has 1 saturated carbocycles. The first-order valence-corrected chi connectivity index (χ1v) is 6.27. The van der Waals surface area contributed by atoms with Crippen LogP contribution >= 0.6 is 0 Å². The third kappa shape index (κ3) is 1.81. The molecule has 1 unspecified atom stereocenters. The summed E-state index contributed by atoms with van der Waals surface area (Å²) in [6.07, 6.45) is 4.26. The quantitative estimate of drug-likeness (QED) is 0.718. The highest BCUT2D eigenvalue weighted by Gasteiger charge is 2.40. The first-order valence-electron chi connectivity index (χ1n) is 6.27. The molecule has 0 radical (unpaired) electrons. The molecule has 2 aliphatic rings. The van der Waals surface area contributed by atoms with Gasteiger partial charge in [0.05, 0.1) is 5.92 Å². The Labute approximate surface area is 96.6 Å². The van der Waals surface area contributed by atoms with Gasteiger partial charge < -0.3 is 4.90 Å². The highest BCUT2D eigenvalue weighted by molar-refractivity contribution is 5.98. The second-order valence-electron chi connectivity index (χ2n) is 4.87. The fourth-order valence-corrected chi connectivity index (χ4v) is 2.73. The van der Waals surface area contributed by atoms with Gasteiger partial charge in [-0.2, -0.15) is 0 Å². The summed E-state index contributed by atoms with van der Waals surface area (Å²) in [5.74, 6) is -0.0140. The molecule has 0 aromatic rings. The van der Waals surface area contributed by atoms with Crippen LogP contribution in [-0.2, 0) is 4.79 Å². The number of carbonyl (C=O) groups is 2. The van der Waals surface area contributed by atoms with Crippen molar-refractivity contribution < 1.29 is 9.59 Å². The van der Waals surface area contributed by atoms with Crippen LogP contribution < -0.4 is 0 Å². The fourth-order valence-electron chi connectivity index (χ4n) is 2.73. The number of rotatable bonds is 2. The molecule has 2 fully saturated rings. The number of imide groups is 1. The lowest BCUT2D eigenvalue weighted by atomic mass is 10.0. The molecule has 16 heavy (non-hydrogen) atoms. The Morgan fingerprint density at radius 3 is 2.44 bits per heavy atom. The maximum Gasteiger partial charge on any atom is 0.326 e. The number of amides is 3. The van der Waals surface area contributed by atoms with E-state index < -0.39 is 0 Å². The summed E-state index contributed by atoms with van der Waals surface area (Å²) in [6.45, 7) is 5.16. The zero-order chi connectivity index (χ0) is 11.7. The van der Waals surface area contributed by atoms with E-state index in [2.05, 4.69) is 0 Å². The fraction of sp³-hybridized carbons (Fsp3) is 0.833. The smallest absolute Gasteiger partial charge is 0.324 e. The van der Waals surface area contributed by atoms with Crippen LogP contribution in [0.15, 0.2) is 0 Å². The van der Waals surface area contributed by atoms with Crippen molar-refractivity contribution in [1.82, 2.24) is 9.80 Å². The maximum atomic E-state index is 12.1. The number of nitrogens with zero attached hydrogens (tertiary/aromatic N) is 2. The molecule has 1 saturated heterocycles. The van der Waals surface area contributed by atoms with Crippen molar-refractivity contribution in [1.29, 1.82) is 0 Å². The van der Waals surface area contributed by atoms with Crippen LogP contribution in [0.3, 0.4) is 0 Å². The SMILES string of the molecule is CCN1CC(C)C(=O)N(C2CCCC2)C1=O. The number of carbonyl (C=O) groups excluding carboxylic acids is 2. The molecular weight excluding hydrogens is 204 g/mol. The molecule has 4 heteroatoms. The molecule has 1 atom stereocenters. The third-order valence-electron chi connectivity index (χ3n) is 3.70. The van der Waals surface area contributed by atoms with Gasteiger partial charge >= 0.3 is 6.03 Å². The summed E-state index contributed by atoms with van der Waals surface area (Å²) in [4.78, 5) is 27.5. The van der Waals surface area contributed by atoms with Crippen LogP contribution in [0.2, 0.25) is 0 Å². The Kier molecular flexibility index (Phi) is 3.17. The van der Waals surface area contributed by atoms with Crippen molar-refractivity contribution in [3.63, 3.8) is 0 Å². The predicted octanol–water partition coefficient (Wildman–Crippen LogP) is 1.85. The molecule has 1 aliphatic heterocycles. The average molecular weight is 224 g/mol. The second kappa shape index (κ2) is 4.44. The molecule has 0 spiro atoms. The maximum absolute atomic E-state index is 12.1. The predicted molar refractivity (Wildman–Crippen MR) is 60.9 cm³/mol. The normalized spacial score (nSPS) is 28.0. The zero-order valence-electron chi connectivity index (χ0n) is 10.1. The Bertz CT molecular complexity index is 297. The number of urea groups is 1. The van der Waals surface area contributed by atoms with Crippen molar-refractivity contribution in [3.8, 4) is 0 Å². The third-order valence-corrected chi connectivity index (χ3v) is 3.70. The van der Waals surface area contributed by atoms with Gasteiger partial charge in [-0.1, -0.05) is 19.8 Å². The van der Waals surface area contributed by atoms with Crippen LogP contribution in [0.5, 0.6) is 0 Å². The standard InChI is InChI=1S/C12H20N2O2/c1-3-13-8-9(2)11(15)14(12(13)16)10-6-4-5-7-10/h9-10H,3-8H2,1-2H3. The summed E-state index contributed by atoms with van der Waals surface area (Å²) in [5.41, 5.74) is 0. The average Bonchev–Trinajstić information content (AvgIpc) is 2.77.